The Balaban J connectivity index is 2.11. The molecular weight excluding hydrogens is 232 g/mol. The number of nitrogens with one attached hydrogen (secondary N) is 1. The van der Waals surface area contributed by atoms with Gasteiger partial charge in [0.1, 0.15) is 5.41 Å². The molecule has 1 saturated carbocycles. The predicted molar refractivity (Wildman–Crippen MR) is 63.7 cm³/mol. The quantitative estimate of drug-likeness (QED) is 0.792. The fourth-order valence-corrected chi connectivity index (χ4v) is 1.95. The van der Waals surface area contributed by atoms with E-state index < -0.39 is 17.3 Å². The van der Waals surface area contributed by atoms with Crippen LogP contribution < -0.4 is 5.32 Å². The van der Waals surface area contributed by atoms with Gasteiger partial charge in [-0.2, -0.15) is 5.26 Å². The van der Waals surface area contributed by atoms with E-state index >= 15 is 0 Å². The Morgan fingerprint density at radius 1 is 1.28 bits per heavy atom. The number of carbonyl (C=O) groups excluding carboxylic acids is 1. The molecule has 0 spiro atoms. The first-order valence-electron chi connectivity index (χ1n) is 5.63. The summed E-state index contributed by atoms with van der Waals surface area (Å²) < 4.78 is 0. The number of hydrogen-bond acceptors (Lipinski definition) is 3. The number of aliphatic carboxylic acids is 1. The molecule has 1 fully saturated rings. The standard InChI is InChI=1S/C13H12N2O3/c14-8-9-2-4-10(5-3-9)15-11(16)13(12(17)18)6-1-7-13/h2-5H,1,6-7H2,(H,15,16)(H,17,18). The summed E-state index contributed by atoms with van der Waals surface area (Å²) in [5, 5.41) is 20.3. The second kappa shape index (κ2) is 4.49. The Morgan fingerprint density at radius 3 is 2.28 bits per heavy atom. The maximum Gasteiger partial charge on any atom is 0.319 e. The number of hydrogen-bond donors (Lipinski definition) is 2. The summed E-state index contributed by atoms with van der Waals surface area (Å²) in [7, 11) is 0. The second-order valence-corrected chi connectivity index (χ2v) is 4.38. The van der Waals surface area contributed by atoms with E-state index in [0.29, 0.717) is 24.1 Å². The summed E-state index contributed by atoms with van der Waals surface area (Å²) in [5.74, 6) is -1.55. The molecule has 18 heavy (non-hydrogen) atoms. The van der Waals surface area contributed by atoms with Crippen molar-refractivity contribution >= 4 is 17.6 Å². The summed E-state index contributed by atoms with van der Waals surface area (Å²) in [4.78, 5) is 23.1. The van der Waals surface area contributed by atoms with Crippen LogP contribution >= 0.6 is 0 Å². The molecule has 5 heteroatoms. The highest BCUT2D eigenvalue weighted by Gasteiger charge is 2.51. The first kappa shape index (κ1) is 12.1. The largest absolute Gasteiger partial charge is 0.480 e. The molecule has 0 radical (unpaired) electrons. The molecule has 0 aromatic heterocycles. The van der Waals surface area contributed by atoms with Crippen molar-refractivity contribution in [3.63, 3.8) is 0 Å². The van der Waals surface area contributed by atoms with Gasteiger partial charge in [-0.25, -0.2) is 0 Å². The topological polar surface area (TPSA) is 90.2 Å². The minimum Gasteiger partial charge on any atom is -0.480 e. The number of nitrogens with zero attached hydrogens (tertiary/aromatic N) is 1. The minimum atomic E-state index is -1.27. The summed E-state index contributed by atoms with van der Waals surface area (Å²) in [5.41, 5.74) is -0.274. The highest BCUT2D eigenvalue weighted by Crippen LogP contribution is 2.42. The van der Waals surface area contributed by atoms with Gasteiger partial charge in [0, 0.05) is 5.69 Å². The highest BCUT2D eigenvalue weighted by molar-refractivity contribution is 6.09. The van der Waals surface area contributed by atoms with Crippen LogP contribution in [0.3, 0.4) is 0 Å². The van der Waals surface area contributed by atoms with Crippen LogP contribution in [-0.2, 0) is 9.59 Å². The summed E-state index contributed by atoms with van der Waals surface area (Å²) in [6, 6.07) is 8.29. The fraction of sp³-hybridized carbons (Fsp3) is 0.308. The van der Waals surface area contributed by atoms with Gasteiger partial charge in [-0.3, -0.25) is 9.59 Å². The number of amides is 1. The zero-order chi connectivity index (χ0) is 13.2. The van der Waals surface area contributed by atoms with E-state index in [2.05, 4.69) is 5.32 Å². The third-order valence-electron chi connectivity index (χ3n) is 3.32. The molecule has 0 saturated heterocycles. The van der Waals surface area contributed by atoms with Crippen molar-refractivity contribution in [2.75, 3.05) is 5.32 Å². The number of rotatable bonds is 3. The Labute approximate surface area is 104 Å². The molecule has 0 bridgehead atoms. The first-order valence-corrected chi connectivity index (χ1v) is 5.63. The van der Waals surface area contributed by atoms with Gasteiger partial charge in [0.25, 0.3) is 0 Å². The van der Waals surface area contributed by atoms with Crippen LogP contribution in [0, 0.1) is 16.7 Å². The zero-order valence-electron chi connectivity index (χ0n) is 9.64. The van der Waals surface area contributed by atoms with Crippen LogP contribution in [0.15, 0.2) is 24.3 Å². The maximum atomic E-state index is 12.0. The van der Waals surface area contributed by atoms with Crippen molar-refractivity contribution in [1.82, 2.24) is 0 Å². The monoisotopic (exact) mass is 244 g/mol. The summed E-state index contributed by atoms with van der Waals surface area (Å²) >= 11 is 0. The molecular formula is C13H12N2O3. The molecule has 2 N–H and O–H groups in total. The Bertz CT molecular complexity index is 524. The van der Waals surface area contributed by atoms with Crippen molar-refractivity contribution in [3.05, 3.63) is 29.8 Å². The molecule has 1 aromatic carbocycles. The molecule has 0 heterocycles. The van der Waals surface area contributed by atoms with E-state index in [9.17, 15) is 9.59 Å². The van der Waals surface area contributed by atoms with Crippen LogP contribution in [0.2, 0.25) is 0 Å². The molecule has 0 unspecified atom stereocenters. The van der Waals surface area contributed by atoms with Gasteiger partial charge in [-0.15, -0.1) is 0 Å². The first-order chi connectivity index (χ1) is 8.58. The number of anilines is 1. The van der Waals surface area contributed by atoms with Crippen molar-refractivity contribution in [2.24, 2.45) is 5.41 Å². The lowest BCUT2D eigenvalue weighted by Crippen LogP contribution is -2.48. The average molecular weight is 244 g/mol. The summed E-state index contributed by atoms with van der Waals surface area (Å²) in [6.07, 6.45) is 1.52. The van der Waals surface area contributed by atoms with Gasteiger partial charge in [0.2, 0.25) is 5.91 Å². The lowest BCUT2D eigenvalue weighted by molar-refractivity contribution is -0.159. The highest BCUT2D eigenvalue weighted by atomic mass is 16.4. The normalized spacial score (nSPS) is 16.2. The SMILES string of the molecule is N#Cc1ccc(NC(=O)C2(C(=O)O)CCC2)cc1. The van der Waals surface area contributed by atoms with E-state index in [-0.39, 0.29) is 0 Å². The van der Waals surface area contributed by atoms with Crippen LogP contribution in [0.1, 0.15) is 24.8 Å². The van der Waals surface area contributed by atoms with Crippen molar-refractivity contribution in [3.8, 4) is 6.07 Å². The lowest BCUT2D eigenvalue weighted by Gasteiger charge is -2.35. The molecule has 2 rings (SSSR count). The Morgan fingerprint density at radius 2 is 1.89 bits per heavy atom. The zero-order valence-corrected chi connectivity index (χ0v) is 9.64. The molecule has 1 aliphatic rings. The third kappa shape index (κ3) is 1.93. The van der Waals surface area contributed by atoms with Crippen molar-refractivity contribution in [2.45, 2.75) is 19.3 Å². The Hall–Kier alpha value is -2.35. The van der Waals surface area contributed by atoms with Crippen LogP contribution in [-0.4, -0.2) is 17.0 Å². The molecule has 0 aliphatic heterocycles. The molecule has 0 atom stereocenters. The van der Waals surface area contributed by atoms with Gasteiger partial charge in [0.15, 0.2) is 0 Å². The third-order valence-corrected chi connectivity index (χ3v) is 3.32. The fourth-order valence-electron chi connectivity index (χ4n) is 1.95. The van der Waals surface area contributed by atoms with E-state index in [0.717, 1.165) is 6.42 Å². The van der Waals surface area contributed by atoms with Gasteiger partial charge in [0.05, 0.1) is 11.6 Å². The number of carboxylic acid groups (broad SMARTS) is 1. The van der Waals surface area contributed by atoms with Crippen molar-refractivity contribution < 1.29 is 14.7 Å². The van der Waals surface area contributed by atoms with Gasteiger partial charge in [-0.05, 0) is 37.1 Å². The molecule has 92 valence electrons. The van der Waals surface area contributed by atoms with E-state index in [1.54, 1.807) is 24.3 Å². The molecule has 1 aromatic rings. The van der Waals surface area contributed by atoms with Gasteiger partial charge < -0.3 is 10.4 Å². The average Bonchev–Trinajstić information content (AvgIpc) is 2.28. The number of carbonyl (C=O) groups is 2. The van der Waals surface area contributed by atoms with Gasteiger partial charge in [-0.1, -0.05) is 6.42 Å². The number of benzene rings is 1. The Kier molecular flexibility index (Phi) is 3.02. The smallest absolute Gasteiger partial charge is 0.319 e. The van der Waals surface area contributed by atoms with Crippen molar-refractivity contribution in [1.29, 1.82) is 5.26 Å². The minimum absolute atomic E-state index is 0.379. The predicted octanol–water partition coefficient (Wildman–Crippen LogP) is 1.75. The molecule has 1 amide bonds. The number of carboxylic acids is 1. The summed E-state index contributed by atoms with van der Waals surface area (Å²) in [6.45, 7) is 0. The lowest BCUT2D eigenvalue weighted by atomic mass is 9.68. The van der Waals surface area contributed by atoms with Crippen LogP contribution in [0.5, 0.6) is 0 Å². The number of nitriles is 1. The van der Waals surface area contributed by atoms with Gasteiger partial charge >= 0.3 is 5.97 Å². The molecule has 5 nitrogen and oxygen atoms in total. The van der Waals surface area contributed by atoms with Crippen LogP contribution in [0.25, 0.3) is 0 Å². The maximum absolute atomic E-state index is 12.0. The van der Waals surface area contributed by atoms with E-state index in [4.69, 9.17) is 10.4 Å². The van der Waals surface area contributed by atoms with E-state index in [1.807, 2.05) is 6.07 Å². The molecule has 1 aliphatic carbocycles. The van der Waals surface area contributed by atoms with E-state index in [1.165, 1.54) is 0 Å². The second-order valence-electron chi connectivity index (χ2n) is 4.38. The van der Waals surface area contributed by atoms with Crippen LogP contribution in [0.4, 0.5) is 5.69 Å².